The van der Waals surface area contributed by atoms with Crippen molar-refractivity contribution in [2.24, 2.45) is 0 Å². The molecule has 0 fully saturated rings. The van der Waals surface area contributed by atoms with Crippen molar-refractivity contribution in [2.75, 3.05) is 13.2 Å². The van der Waals surface area contributed by atoms with Crippen LogP contribution in [0.2, 0.25) is 0 Å². The van der Waals surface area contributed by atoms with E-state index in [-0.39, 0.29) is 16.6 Å². The van der Waals surface area contributed by atoms with Gasteiger partial charge in [-0.1, -0.05) is 0 Å². The average molecular weight is 306 g/mol. The highest BCUT2D eigenvalue weighted by atomic mass is 79.9. The third-order valence-electron chi connectivity index (χ3n) is 2.15. The molecule has 6 heteroatoms. The summed E-state index contributed by atoms with van der Waals surface area (Å²) in [6.45, 7) is 0.853. The zero-order valence-electron chi connectivity index (χ0n) is 9.20. The third kappa shape index (κ3) is 4.07. The van der Waals surface area contributed by atoms with E-state index in [9.17, 15) is 14.3 Å². The summed E-state index contributed by atoms with van der Waals surface area (Å²) in [5.74, 6) is -0.900. The van der Waals surface area contributed by atoms with Gasteiger partial charge in [0.25, 0.3) is 5.91 Å². The minimum Gasteiger partial charge on any atom is -0.393 e. The molecular formula is C11H13BrFNO3. The van der Waals surface area contributed by atoms with Gasteiger partial charge in [-0.2, -0.15) is 0 Å². The van der Waals surface area contributed by atoms with E-state index in [4.69, 9.17) is 5.11 Å². The molecule has 1 unspecified atom stereocenters. The first-order chi connectivity index (χ1) is 7.85. The van der Waals surface area contributed by atoms with Crippen molar-refractivity contribution in [3.63, 3.8) is 0 Å². The van der Waals surface area contributed by atoms with Gasteiger partial charge in [-0.05, 0) is 41.1 Å². The lowest BCUT2D eigenvalue weighted by atomic mass is 10.1. The fourth-order valence-electron chi connectivity index (χ4n) is 1.07. The molecule has 0 aliphatic rings. The number of aliphatic hydroxyl groups is 2. The van der Waals surface area contributed by atoms with E-state index in [0.717, 1.165) is 0 Å². The third-order valence-corrected chi connectivity index (χ3v) is 2.76. The Labute approximate surface area is 107 Å². The second-order valence-corrected chi connectivity index (χ2v) is 4.82. The van der Waals surface area contributed by atoms with Crippen LogP contribution in [-0.4, -0.2) is 34.9 Å². The van der Waals surface area contributed by atoms with Crippen LogP contribution in [0.4, 0.5) is 4.39 Å². The summed E-state index contributed by atoms with van der Waals surface area (Å²) in [6, 6.07) is 3.85. The van der Waals surface area contributed by atoms with Crippen LogP contribution in [0.25, 0.3) is 0 Å². The Bertz CT molecular complexity index is 423. The second kappa shape index (κ2) is 5.57. The number of carbonyl (C=O) groups excluding carboxylic acids is 1. The van der Waals surface area contributed by atoms with Gasteiger partial charge >= 0.3 is 0 Å². The normalized spacial score (nSPS) is 14.2. The summed E-state index contributed by atoms with van der Waals surface area (Å²) in [6.07, 6.45) is 0. The maximum atomic E-state index is 12.9. The largest absolute Gasteiger partial charge is 0.393 e. The fraction of sp³-hybridized carbons (Fsp3) is 0.364. The molecule has 1 amide bonds. The minimum atomic E-state index is -1.37. The van der Waals surface area contributed by atoms with Crippen molar-refractivity contribution in [1.82, 2.24) is 5.32 Å². The zero-order chi connectivity index (χ0) is 13.1. The average Bonchev–Trinajstić information content (AvgIpc) is 2.30. The number of hydrogen-bond acceptors (Lipinski definition) is 3. The van der Waals surface area contributed by atoms with Gasteiger partial charge in [0.1, 0.15) is 11.4 Å². The van der Waals surface area contributed by atoms with E-state index in [1.165, 1.54) is 25.1 Å². The zero-order valence-corrected chi connectivity index (χ0v) is 10.8. The van der Waals surface area contributed by atoms with E-state index in [2.05, 4.69) is 21.2 Å². The molecule has 0 radical (unpaired) electrons. The van der Waals surface area contributed by atoms with Crippen LogP contribution in [0.3, 0.4) is 0 Å². The molecule has 1 rings (SSSR count). The van der Waals surface area contributed by atoms with Crippen molar-refractivity contribution >= 4 is 21.8 Å². The Morgan fingerprint density at radius 2 is 2.24 bits per heavy atom. The summed E-state index contributed by atoms with van der Waals surface area (Å²) in [4.78, 5) is 11.6. The number of hydrogen-bond donors (Lipinski definition) is 3. The number of carbonyl (C=O) groups is 1. The van der Waals surface area contributed by atoms with Gasteiger partial charge in [-0.3, -0.25) is 4.79 Å². The lowest BCUT2D eigenvalue weighted by molar-refractivity contribution is 0.00320. The molecule has 0 saturated carbocycles. The molecule has 0 saturated heterocycles. The first-order valence-electron chi connectivity index (χ1n) is 4.92. The number of rotatable bonds is 4. The Hall–Kier alpha value is -0.980. The summed E-state index contributed by atoms with van der Waals surface area (Å²) < 4.78 is 13.1. The van der Waals surface area contributed by atoms with Crippen molar-refractivity contribution in [2.45, 2.75) is 12.5 Å². The van der Waals surface area contributed by atoms with Gasteiger partial charge in [0.15, 0.2) is 0 Å². The molecule has 1 aromatic carbocycles. The van der Waals surface area contributed by atoms with Crippen LogP contribution in [0, 0.1) is 5.82 Å². The topological polar surface area (TPSA) is 69.6 Å². The van der Waals surface area contributed by atoms with Crippen LogP contribution < -0.4 is 5.32 Å². The number of aliphatic hydroxyl groups excluding tert-OH is 1. The lowest BCUT2D eigenvalue weighted by Gasteiger charge is -2.20. The molecular weight excluding hydrogens is 293 g/mol. The molecule has 0 aliphatic carbocycles. The fourth-order valence-corrected chi connectivity index (χ4v) is 1.44. The van der Waals surface area contributed by atoms with Crippen LogP contribution in [0.1, 0.15) is 17.3 Å². The SMILES string of the molecule is CC(O)(CO)CNC(=O)c1ccc(F)c(Br)c1. The Balaban J connectivity index is 2.68. The van der Waals surface area contributed by atoms with Gasteiger partial charge < -0.3 is 15.5 Å². The molecule has 1 aromatic rings. The van der Waals surface area contributed by atoms with Crippen LogP contribution in [0.5, 0.6) is 0 Å². The predicted molar refractivity (Wildman–Crippen MR) is 64.1 cm³/mol. The Kier molecular flexibility index (Phi) is 4.62. The van der Waals surface area contributed by atoms with E-state index >= 15 is 0 Å². The number of halogens is 2. The summed E-state index contributed by atoms with van der Waals surface area (Å²) in [5.41, 5.74) is -1.10. The van der Waals surface area contributed by atoms with Gasteiger partial charge in [0.05, 0.1) is 11.1 Å². The highest BCUT2D eigenvalue weighted by molar-refractivity contribution is 9.10. The highest BCUT2D eigenvalue weighted by Gasteiger charge is 2.20. The molecule has 17 heavy (non-hydrogen) atoms. The predicted octanol–water partition coefficient (Wildman–Crippen LogP) is 1.06. The Morgan fingerprint density at radius 1 is 1.59 bits per heavy atom. The summed E-state index contributed by atoms with van der Waals surface area (Å²) >= 11 is 2.97. The molecule has 0 heterocycles. The number of amides is 1. The van der Waals surface area contributed by atoms with Crippen molar-refractivity contribution in [1.29, 1.82) is 0 Å². The minimum absolute atomic E-state index is 0.0860. The van der Waals surface area contributed by atoms with Crippen LogP contribution in [-0.2, 0) is 0 Å². The van der Waals surface area contributed by atoms with Crippen molar-refractivity contribution in [3.8, 4) is 0 Å². The maximum Gasteiger partial charge on any atom is 0.251 e. The monoisotopic (exact) mass is 305 g/mol. The molecule has 0 spiro atoms. The molecule has 94 valence electrons. The number of nitrogens with one attached hydrogen (secondary N) is 1. The molecule has 0 aromatic heterocycles. The van der Waals surface area contributed by atoms with E-state index in [1.54, 1.807) is 0 Å². The van der Waals surface area contributed by atoms with Gasteiger partial charge in [0.2, 0.25) is 0 Å². The summed E-state index contributed by atoms with van der Waals surface area (Å²) in [7, 11) is 0. The second-order valence-electron chi connectivity index (χ2n) is 3.97. The van der Waals surface area contributed by atoms with Gasteiger partial charge in [-0.25, -0.2) is 4.39 Å². The van der Waals surface area contributed by atoms with Crippen molar-refractivity contribution < 1.29 is 19.4 Å². The summed E-state index contributed by atoms with van der Waals surface area (Å²) in [5, 5.41) is 20.7. The van der Waals surface area contributed by atoms with E-state index in [1.807, 2.05) is 0 Å². The van der Waals surface area contributed by atoms with E-state index in [0.29, 0.717) is 0 Å². The van der Waals surface area contributed by atoms with Gasteiger partial charge in [-0.15, -0.1) is 0 Å². The Morgan fingerprint density at radius 3 is 2.76 bits per heavy atom. The van der Waals surface area contributed by atoms with Crippen LogP contribution in [0.15, 0.2) is 22.7 Å². The highest BCUT2D eigenvalue weighted by Crippen LogP contribution is 2.16. The van der Waals surface area contributed by atoms with Gasteiger partial charge in [0, 0.05) is 12.1 Å². The van der Waals surface area contributed by atoms with Crippen LogP contribution >= 0.6 is 15.9 Å². The van der Waals surface area contributed by atoms with Crippen molar-refractivity contribution in [3.05, 3.63) is 34.1 Å². The van der Waals surface area contributed by atoms with E-state index < -0.39 is 23.9 Å². The lowest BCUT2D eigenvalue weighted by Crippen LogP contribution is -2.43. The molecule has 4 nitrogen and oxygen atoms in total. The molecule has 1 atom stereocenters. The maximum absolute atomic E-state index is 12.9. The molecule has 0 bridgehead atoms. The first-order valence-corrected chi connectivity index (χ1v) is 5.71. The molecule has 3 N–H and O–H groups in total. The smallest absolute Gasteiger partial charge is 0.251 e. The first kappa shape index (κ1) is 14.1. The molecule has 0 aliphatic heterocycles. The quantitative estimate of drug-likeness (QED) is 0.779. The standard InChI is InChI=1S/C11H13BrFNO3/c1-11(17,6-15)5-14-10(16)7-2-3-9(13)8(12)4-7/h2-4,15,17H,5-6H2,1H3,(H,14,16). The number of benzene rings is 1.